The first-order chi connectivity index (χ1) is 14.8. The van der Waals surface area contributed by atoms with Gasteiger partial charge in [-0.3, -0.25) is 24.6 Å². The molecular formula is C19H17Cl2F3N4O4. The molecule has 2 N–H and O–H groups in total. The number of nitrogens with zero attached hydrogens (tertiary/aromatic N) is 2. The summed E-state index contributed by atoms with van der Waals surface area (Å²) in [4.78, 5) is 36.3. The van der Waals surface area contributed by atoms with Crippen LogP contribution in [-0.4, -0.2) is 41.3 Å². The summed E-state index contributed by atoms with van der Waals surface area (Å²) in [5, 5.41) is 15.2. The van der Waals surface area contributed by atoms with Crippen molar-refractivity contribution in [1.29, 1.82) is 0 Å². The van der Waals surface area contributed by atoms with Gasteiger partial charge in [0.1, 0.15) is 0 Å². The zero-order valence-electron chi connectivity index (χ0n) is 16.7. The molecule has 0 spiro atoms. The van der Waals surface area contributed by atoms with Crippen LogP contribution in [0, 0.1) is 10.1 Å². The van der Waals surface area contributed by atoms with E-state index in [-0.39, 0.29) is 28.6 Å². The summed E-state index contributed by atoms with van der Waals surface area (Å²) in [7, 11) is 1.45. The lowest BCUT2D eigenvalue weighted by atomic mass is 10.2. The molecule has 1 atom stereocenters. The van der Waals surface area contributed by atoms with E-state index in [0.717, 1.165) is 12.1 Å². The number of hydrogen-bond donors (Lipinski definition) is 2. The molecule has 2 amide bonds. The maximum atomic E-state index is 13.0. The van der Waals surface area contributed by atoms with Gasteiger partial charge in [-0.2, -0.15) is 13.2 Å². The van der Waals surface area contributed by atoms with E-state index >= 15 is 0 Å². The average Bonchev–Trinajstić information content (AvgIpc) is 2.69. The van der Waals surface area contributed by atoms with Gasteiger partial charge in [0.05, 0.1) is 38.8 Å². The Morgan fingerprint density at radius 1 is 1.12 bits per heavy atom. The number of nitrogens with one attached hydrogen (secondary N) is 2. The molecule has 0 fully saturated rings. The van der Waals surface area contributed by atoms with E-state index in [9.17, 15) is 32.9 Å². The van der Waals surface area contributed by atoms with Gasteiger partial charge in [-0.1, -0.05) is 23.2 Å². The molecule has 0 heterocycles. The molecule has 8 nitrogen and oxygen atoms in total. The molecule has 0 aliphatic rings. The number of carbonyl (C=O) groups is 2. The molecular weight excluding hydrogens is 476 g/mol. The number of non-ortho nitro benzene ring substituents is 1. The van der Waals surface area contributed by atoms with Crippen molar-refractivity contribution in [1.82, 2.24) is 4.90 Å². The van der Waals surface area contributed by atoms with Crippen LogP contribution in [0.15, 0.2) is 36.4 Å². The maximum Gasteiger partial charge on any atom is 0.417 e. The van der Waals surface area contributed by atoms with Crippen LogP contribution in [0.5, 0.6) is 0 Å². The number of nitro groups is 1. The summed E-state index contributed by atoms with van der Waals surface area (Å²) in [6, 6.07) is 5.60. The summed E-state index contributed by atoms with van der Waals surface area (Å²) in [5.41, 5.74) is -1.45. The largest absolute Gasteiger partial charge is 0.417 e. The van der Waals surface area contributed by atoms with Crippen LogP contribution in [0.1, 0.15) is 12.5 Å². The van der Waals surface area contributed by atoms with Gasteiger partial charge in [-0.25, -0.2) is 0 Å². The van der Waals surface area contributed by atoms with Crippen LogP contribution < -0.4 is 10.6 Å². The molecule has 172 valence electrons. The number of rotatable bonds is 7. The molecule has 2 rings (SSSR count). The molecule has 2 aromatic carbocycles. The Bertz CT molecular complexity index is 1050. The van der Waals surface area contributed by atoms with Gasteiger partial charge >= 0.3 is 6.18 Å². The average molecular weight is 493 g/mol. The van der Waals surface area contributed by atoms with E-state index in [2.05, 4.69) is 10.6 Å². The van der Waals surface area contributed by atoms with Crippen molar-refractivity contribution in [3.63, 3.8) is 0 Å². The molecule has 13 heteroatoms. The van der Waals surface area contributed by atoms with Crippen LogP contribution in [0.3, 0.4) is 0 Å². The first-order valence-corrected chi connectivity index (χ1v) is 9.67. The summed E-state index contributed by atoms with van der Waals surface area (Å²) < 4.78 is 38.9. The summed E-state index contributed by atoms with van der Waals surface area (Å²) in [5.74, 6) is -1.27. The molecule has 2 aromatic rings. The molecule has 32 heavy (non-hydrogen) atoms. The summed E-state index contributed by atoms with van der Waals surface area (Å²) in [6.07, 6.45) is -4.69. The number of likely N-dealkylation sites (N-methyl/N-ethyl adjacent to an activating group) is 1. The SMILES string of the molecule is CC(C(=O)Nc1cc([N+](=O)[O-])ccc1Cl)N(C)CC(=O)Nc1ccc(Cl)c(C(F)(F)F)c1. The number of amides is 2. The van der Waals surface area contributed by atoms with E-state index in [1.807, 2.05) is 0 Å². The van der Waals surface area contributed by atoms with Gasteiger partial charge < -0.3 is 10.6 Å². The number of anilines is 2. The molecule has 0 aliphatic heterocycles. The molecule has 0 radical (unpaired) electrons. The smallest absolute Gasteiger partial charge is 0.325 e. The zero-order chi connectivity index (χ0) is 24.2. The van der Waals surface area contributed by atoms with Gasteiger partial charge in [0, 0.05) is 17.8 Å². The van der Waals surface area contributed by atoms with Gasteiger partial charge in [-0.15, -0.1) is 0 Å². The highest BCUT2D eigenvalue weighted by Gasteiger charge is 2.33. The second-order valence-electron chi connectivity index (χ2n) is 6.74. The van der Waals surface area contributed by atoms with Crippen molar-refractivity contribution in [2.75, 3.05) is 24.2 Å². The first kappa shape index (κ1) is 25.4. The van der Waals surface area contributed by atoms with E-state index < -0.39 is 39.5 Å². The second kappa shape index (κ2) is 10.2. The van der Waals surface area contributed by atoms with Crippen LogP contribution in [-0.2, 0) is 15.8 Å². The highest BCUT2D eigenvalue weighted by Crippen LogP contribution is 2.36. The van der Waals surface area contributed by atoms with Crippen molar-refractivity contribution in [2.45, 2.75) is 19.1 Å². The van der Waals surface area contributed by atoms with Crippen molar-refractivity contribution >= 4 is 52.1 Å². The Balaban J connectivity index is 2.02. The number of halogens is 5. The van der Waals surface area contributed by atoms with Crippen LogP contribution in [0.25, 0.3) is 0 Å². The minimum Gasteiger partial charge on any atom is -0.325 e. The van der Waals surface area contributed by atoms with Crippen LogP contribution in [0.2, 0.25) is 10.0 Å². The minimum atomic E-state index is -4.69. The predicted molar refractivity (Wildman–Crippen MR) is 114 cm³/mol. The van der Waals surface area contributed by atoms with E-state index in [1.54, 1.807) is 0 Å². The Morgan fingerprint density at radius 3 is 2.34 bits per heavy atom. The lowest BCUT2D eigenvalue weighted by Gasteiger charge is -2.23. The number of nitro benzene ring substituents is 1. The number of benzene rings is 2. The van der Waals surface area contributed by atoms with Crippen LogP contribution in [0.4, 0.5) is 30.2 Å². The normalized spacial score (nSPS) is 12.4. The van der Waals surface area contributed by atoms with Crippen molar-refractivity contribution in [3.05, 3.63) is 62.1 Å². The third-order valence-electron chi connectivity index (χ3n) is 4.41. The van der Waals surface area contributed by atoms with Crippen LogP contribution >= 0.6 is 23.2 Å². The fraction of sp³-hybridized carbons (Fsp3) is 0.263. The van der Waals surface area contributed by atoms with E-state index in [1.165, 1.54) is 37.1 Å². The lowest BCUT2D eigenvalue weighted by molar-refractivity contribution is -0.384. The molecule has 0 bridgehead atoms. The van der Waals surface area contributed by atoms with Gasteiger partial charge in [0.15, 0.2) is 0 Å². The summed E-state index contributed by atoms with van der Waals surface area (Å²) >= 11 is 11.5. The zero-order valence-corrected chi connectivity index (χ0v) is 18.2. The standard InChI is InChI=1S/C19H17Cl2F3N4O4/c1-10(18(30)26-16-8-12(28(31)32)4-6-15(16)21)27(2)9-17(29)25-11-3-5-14(20)13(7-11)19(22,23)24/h3-8,10H,9H2,1-2H3,(H,25,29)(H,26,30). The van der Waals surface area contributed by atoms with E-state index in [4.69, 9.17) is 23.2 Å². The number of alkyl halides is 3. The first-order valence-electron chi connectivity index (χ1n) is 8.91. The Kier molecular flexibility index (Phi) is 8.05. The quantitative estimate of drug-likeness (QED) is 0.425. The monoisotopic (exact) mass is 492 g/mol. The molecule has 0 aliphatic carbocycles. The Morgan fingerprint density at radius 2 is 1.75 bits per heavy atom. The molecule has 0 aromatic heterocycles. The minimum absolute atomic E-state index is 0.0245. The molecule has 1 unspecified atom stereocenters. The van der Waals surface area contributed by atoms with Gasteiger partial charge in [0.2, 0.25) is 11.8 Å². The predicted octanol–water partition coefficient (Wildman–Crippen LogP) is 4.82. The topological polar surface area (TPSA) is 105 Å². The number of hydrogen-bond acceptors (Lipinski definition) is 5. The van der Waals surface area contributed by atoms with Crippen molar-refractivity contribution in [3.8, 4) is 0 Å². The Hall–Kier alpha value is -2.89. The fourth-order valence-corrected chi connectivity index (χ4v) is 2.93. The van der Waals surface area contributed by atoms with Crippen molar-refractivity contribution in [2.24, 2.45) is 0 Å². The fourth-order valence-electron chi connectivity index (χ4n) is 2.54. The van der Waals surface area contributed by atoms with Gasteiger partial charge in [-0.05, 0) is 38.2 Å². The maximum absolute atomic E-state index is 13.0. The van der Waals surface area contributed by atoms with Gasteiger partial charge in [0.25, 0.3) is 5.69 Å². The van der Waals surface area contributed by atoms with E-state index in [0.29, 0.717) is 6.07 Å². The lowest BCUT2D eigenvalue weighted by Crippen LogP contribution is -2.43. The van der Waals surface area contributed by atoms with Crippen molar-refractivity contribution < 1.29 is 27.7 Å². The third kappa shape index (κ3) is 6.55. The second-order valence-corrected chi connectivity index (χ2v) is 7.56. The third-order valence-corrected chi connectivity index (χ3v) is 5.07. The number of carbonyl (C=O) groups excluding carboxylic acids is 2. The molecule has 0 saturated heterocycles. The summed E-state index contributed by atoms with van der Waals surface area (Å²) in [6.45, 7) is 1.14. The highest BCUT2D eigenvalue weighted by molar-refractivity contribution is 6.33. The Labute approximate surface area is 190 Å². The molecule has 0 saturated carbocycles. The highest BCUT2D eigenvalue weighted by atomic mass is 35.5.